The molecule has 0 bridgehead atoms. The Kier molecular flexibility index (Phi) is 4.98. The molecular formula is C14H14BrF3N4O. The third-order valence-electron chi connectivity index (χ3n) is 3.06. The summed E-state index contributed by atoms with van der Waals surface area (Å²) in [5.74, 6) is 0.371. The first-order valence-corrected chi connectivity index (χ1v) is 7.28. The van der Waals surface area contributed by atoms with Gasteiger partial charge in [-0.05, 0) is 34.5 Å². The molecule has 0 aliphatic carbocycles. The summed E-state index contributed by atoms with van der Waals surface area (Å²) in [6, 6.07) is 3.53. The summed E-state index contributed by atoms with van der Waals surface area (Å²) >= 11 is 3.38. The number of nitrogens with one attached hydrogen (secondary N) is 2. The number of hydrogen-bond donors (Lipinski definition) is 2. The lowest BCUT2D eigenvalue weighted by molar-refractivity contribution is -0.137. The summed E-state index contributed by atoms with van der Waals surface area (Å²) < 4.78 is 44.4. The Morgan fingerprint density at radius 1 is 1.26 bits per heavy atom. The van der Waals surface area contributed by atoms with E-state index in [0.717, 1.165) is 11.8 Å². The van der Waals surface area contributed by atoms with Crippen molar-refractivity contribution in [3.05, 3.63) is 33.9 Å². The number of rotatable bonds is 4. The van der Waals surface area contributed by atoms with E-state index in [1.54, 1.807) is 6.07 Å². The van der Waals surface area contributed by atoms with Crippen molar-refractivity contribution in [1.29, 1.82) is 0 Å². The van der Waals surface area contributed by atoms with Crippen molar-refractivity contribution in [3.8, 4) is 5.75 Å². The van der Waals surface area contributed by atoms with Crippen molar-refractivity contribution in [2.24, 2.45) is 0 Å². The second-order valence-electron chi connectivity index (χ2n) is 4.63. The maximum atomic E-state index is 12.8. The SMILES string of the molecule is CNc1nc(Nc2cc(OC)c(C)cc2Br)ncc1C(F)(F)F. The third kappa shape index (κ3) is 3.84. The highest BCUT2D eigenvalue weighted by Crippen LogP contribution is 2.35. The molecule has 1 heterocycles. The highest BCUT2D eigenvalue weighted by molar-refractivity contribution is 9.10. The van der Waals surface area contributed by atoms with E-state index in [2.05, 4.69) is 36.5 Å². The topological polar surface area (TPSA) is 59.1 Å². The van der Waals surface area contributed by atoms with Gasteiger partial charge in [0.05, 0.1) is 12.8 Å². The van der Waals surface area contributed by atoms with Gasteiger partial charge in [-0.25, -0.2) is 4.98 Å². The van der Waals surface area contributed by atoms with E-state index in [-0.39, 0.29) is 11.8 Å². The largest absolute Gasteiger partial charge is 0.496 e. The molecule has 0 radical (unpaired) electrons. The summed E-state index contributed by atoms with van der Waals surface area (Å²) in [6.45, 7) is 1.88. The second kappa shape index (κ2) is 6.61. The fourth-order valence-electron chi connectivity index (χ4n) is 1.93. The van der Waals surface area contributed by atoms with Crippen LogP contribution in [0.1, 0.15) is 11.1 Å². The monoisotopic (exact) mass is 390 g/mol. The smallest absolute Gasteiger partial charge is 0.421 e. The zero-order valence-corrected chi connectivity index (χ0v) is 14.1. The van der Waals surface area contributed by atoms with Crippen molar-refractivity contribution in [2.45, 2.75) is 13.1 Å². The third-order valence-corrected chi connectivity index (χ3v) is 3.72. The van der Waals surface area contributed by atoms with Crippen molar-refractivity contribution >= 4 is 33.4 Å². The van der Waals surface area contributed by atoms with Crippen molar-refractivity contribution in [2.75, 3.05) is 24.8 Å². The van der Waals surface area contributed by atoms with Gasteiger partial charge in [-0.15, -0.1) is 0 Å². The first-order valence-electron chi connectivity index (χ1n) is 6.49. The minimum atomic E-state index is -4.52. The molecule has 2 aromatic rings. The Labute approximate surface area is 139 Å². The molecule has 2 rings (SSSR count). The zero-order chi connectivity index (χ0) is 17.2. The molecule has 0 unspecified atom stereocenters. The summed E-state index contributed by atoms with van der Waals surface area (Å²) in [6.07, 6.45) is -3.79. The van der Waals surface area contributed by atoms with E-state index in [0.29, 0.717) is 15.9 Å². The van der Waals surface area contributed by atoms with Gasteiger partial charge in [0.2, 0.25) is 5.95 Å². The Bertz CT molecular complexity index is 722. The molecule has 0 fully saturated rings. The summed E-state index contributed by atoms with van der Waals surface area (Å²) in [7, 11) is 2.90. The van der Waals surface area contributed by atoms with Crippen molar-refractivity contribution < 1.29 is 17.9 Å². The highest BCUT2D eigenvalue weighted by atomic mass is 79.9. The summed E-state index contributed by atoms with van der Waals surface area (Å²) in [4.78, 5) is 7.58. The number of aryl methyl sites for hydroxylation is 1. The van der Waals surface area contributed by atoms with Crippen LogP contribution in [0.2, 0.25) is 0 Å². The van der Waals surface area contributed by atoms with Gasteiger partial charge >= 0.3 is 6.18 Å². The highest BCUT2D eigenvalue weighted by Gasteiger charge is 2.35. The number of ether oxygens (including phenoxy) is 1. The van der Waals surface area contributed by atoms with Crippen LogP contribution >= 0.6 is 15.9 Å². The van der Waals surface area contributed by atoms with Gasteiger partial charge in [-0.1, -0.05) is 0 Å². The van der Waals surface area contributed by atoms with E-state index in [4.69, 9.17) is 4.74 Å². The van der Waals surface area contributed by atoms with Gasteiger partial charge in [0.1, 0.15) is 17.1 Å². The minimum Gasteiger partial charge on any atom is -0.496 e. The summed E-state index contributed by atoms with van der Waals surface area (Å²) in [5, 5.41) is 5.30. The van der Waals surface area contributed by atoms with Crippen LogP contribution in [0.4, 0.5) is 30.6 Å². The van der Waals surface area contributed by atoms with Crippen LogP contribution in [0, 0.1) is 6.92 Å². The van der Waals surface area contributed by atoms with Gasteiger partial charge in [-0.3, -0.25) is 0 Å². The molecule has 9 heteroatoms. The number of alkyl halides is 3. The molecule has 0 spiro atoms. The van der Waals surface area contributed by atoms with Crippen LogP contribution in [0.25, 0.3) is 0 Å². The number of methoxy groups -OCH3 is 1. The van der Waals surface area contributed by atoms with E-state index in [1.165, 1.54) is 14.2 Å². The first kappa shape index (κ1) is 17.3. The molecule has 0 aliphatic rings. The van der Waals surface area contributed by atoms with Crippen LogP contribution in [0.3, 0.4) is 0 Å². The average Bonchev–Trinajstić information content (AvgIpc) is 2.48. The second-order valence-corrected chi connectivity index (χ2v) is 5.48. The number of aromatic nitrogens is 2. The standard InChI is InChI=1S/C14H14BrF3N4O/c1-7-4-9(15)10(5-11(7)23-3)21-13-20-6-8(14(16,17)18)12(19-2)22-13/h4-6H,1-3H3,(H2,19,20,21,22). The Balaban J connectivity index is 2.38. The molecule has 2 N–H and O–H groups in total. The predicted octanol–water partition coefficient (Wildman–Crippen LogP) is 4.36. The molecule has 0 saturated carbocycles. The molecule has 23 heavy (non-hydrogen) atoms. The lowest BCUT2D eigenvalue weighted by atomic mass is 10.2. The average molecular weight is 391 g/mol. The Morgan fingerprint density at radius 3 is 2.52 bits per heavy atom. The van der Waals surface area contributed by atoms with Gasteiger partial charge in [0.25, 0.3) is 0 Å². The maximum Gasteiger partial charge on any atom is 0.421 e. The van der Waals surface area contributed by atoms with Crippen LogP contribution in [-0.2, 0) is 6.18 Å². The molecule has 1 aromatic carbocycles. The molecule has 0 atom stereocenters. The molecule has 124 valence electrons. The van der Waals surface area contributed by atoms with Gasteiger partial charge in [0, 0.05) is 23.8 Å². The predicted molar refractivity (Wildman–Crippen MR) is 85.3 cm³/mol. The number of benzene rings is 1. The first-order chi connectivity index (χ1) is 10.8. The minimum absolute atomic E-state index is 0.0361. The van der Waals surface area contributed by atoms with Gasteiger partial charge in [0.15, 0.2) is 0 Å². The van der Waals surface area contributed by atoms with Gasteiger partial charge in [-0.2, -0.15) is 18.2 Å². The van der Waals surface area contributed by atoms with E-state index in [9.17, 15) is 13.2 Å². The molecule has 5 nitrogen and oxygen atoms in total. The molecule has 0 amide bonds. The molecular weight excluding hydrogens is 377 g/mol. The van der Waals surface area contributed by atoms with E-state index >= 15 is 0 Å². The number of nitrogens with zero attached hydrogens (tertiary/aromatic N) is 2. The van der Waals surface area contributed by atoms with E-state index < -0.39 is 11.7 Å². The van der Waals surface area contributed by atoms with Crippen LogP contribution in [0.5, 0.6) is 5.75 Å². The number of anilines is 3. The van der Waals surface area contributed by atoms with Crippen molar-refractivity contribution in [1.82, 2.24) is 9.97 Å². The zero-order valence-electron chi connectivity index (χ0n) is 12.5. The molecule has 0 aliphatic heterocycles. The van der Waals surface area contributed by atoms with E-state index in [1.807, 2.05) is 13.0 Å². The van der Waals surface area contributed by atoms with Crippen LogP contribution in [0.15, 0.2) is 22.8 Å². The lowest BCUT2D eigenvalue weighted by Gasteiger charge is -2.14. The van der Waals surface area contributed by atoms with Gasteiger partial charge < -0.3 is 15.4 Å². The molecule has 0 saturated heterocycles. The van der Waals surface area contributed by atoms with Crippen LogP contribution in [-0.4, -0.2) is 24.1 Å². The Morgan fingerprint density at radius 2 is 1.96 bits per heavy atom. The fraction of sp³-hybridized carbons (Fsp3) is 0.286. The quantitative estimate of drug-likeness (QED) is 0.811. The lowest BCUT2D eigenvalue weighted by Crippen LogP contribution is -2.12. The van der Waals surface area contributed by atoms with Crippen LogP contribution < -0.4 is 15.4 Å². The number of halogens is 4. The number of hydrogen-bond acceptors (Lipinski definition) is 5. The normalized spacial score (nSPS) is 11.3. The Hall–Kier alpha value is -2.03. The van der Waals surface area contributed by atoms with Crippen molar-refractivity contribution in [3.63, 3.8) is 0 Å². The summed E-state index contributed by atoms with van der Waals surface area (Å²) in [5.41, 5.74) is 0.564. The fourth-order valence-corrected chi connectivity index (χ4v) is 2.49. The molecule has 1 aromatic heterocycles. The maximum absolute atomic E-state index is 12.8.